The summed E-state index contributed by atoms with van der Waals surface area (Å²) in [5, 5.41) is 0.115. The van der Waals surface area contributed by atoms with E-state index in [1.165, 1.54) is 29.3 Å². The maximum atomic E-state index is 12.5. The maximum Gasteiger partial charge on any atom is 0.416 e. The number of hydrogen-bond acceptors (Lipinski definition) is 2. The van der Waals surface area contributed by atoms with E-state index in [1.807, 2.05) is 0 Å². The van der Waals surface area contributed by atoms with Gasteiger partial charge < -0.3 is 4.90 Å². The minimum absolute atomic E-state index is 0.0404. The molecule has 0 saturated heterocycles. The molecule has 1 amide bonds. The van der Waals surface area contributed by atoms with Crippen LogP contribution >= 0.6 is 23.2 Å². The van der Waals surface area contributed by atoms with E-state index in [2.05, 4.69) is 4.98 Å². The summed E-state index contributed by atoms with van der Waals surface area (Å²) in [5.74, 6) is -0.337. The van der Waals surface area contributed by atoms with E-state index in [4.69, 9.17) is 23.2 Å². The van der Waals surface area contributed by atoms with Crippen molar-refractivity contribution in [3.63, 3.8) is 0 Å². The van der Waals surface area contributed by atoms with Crippen molar-refractivity contribution in [3.05, 3.63) is 63.4 Å². The fourth-order valence-electron chi connectivity index (χ4n) is 2.05. The summed E-state index contributed by atoms with van der Waals surface area (Å²) in [7, 11) is 1.58. The Morgan fingerprint density at radius 2 is 1.79 bits per heavy atom. The van der Waals surface area contributed by atoms with Gasteiger partial charge in [-0.05, 0) is 30.2 Å². The number of hydrogen-bond donors (Lipinski definition) is 0. The Morgan fingerprint density at radius 3 is 2.38 bits per heavy atom. The zero-order valence-electron chi connectivity index (χ0n) is 12.6. The van der Waals surface area contributed by atoms with Gasteiger partial charge in [0.1, 0.15) is 5.15 Å². The number of pyridine rings is 1. The molecule has 0 fully saturated rings. The minimum Gasteiger partial charge on any atom is -0.341 e. The average Bonchev–Trinajstić information content (AvgIpc) is 2.54. The summed E-state index contributed by atoms with van der Waals surface area (Å²) in [6, 6.07) is 6.31. The molecular weight excluding hydrogens is 364 g/mol. The lowest BCUT2D eigenvalue weighted by Gasteiger charge is -2.18. The first-order chi connectivity index (χ1) is 11.2. The number of carbonyl (C=O) groups excluding carboxylic acids is 1. The van der Waals surface area contributed by atoms with Gasteiger partial charge in [-0.15, -0.1) is 0 Å². The van der Waals surface area contributed by atoms with Gasteiger partial charge >= 0.3 is 6.18 Å². The smallest absolute Gasteiger partial charge is 0.341 e. The number of aromatic nitrogens is 1. The van der Waals surface area contributed by atoms with Crippen molar-refractivity contribution in [1.29, 1.82) is 0 Å². The monoisotopic (exact) mass is 376 g/mol. The molecule has 0 aliphatic rings. The van der Waals surface area contributed by atoms with Crippen molar-refractivity contribution in [2.45, 2.75) is 12.6 Å². The van der Waals surface area contributed by atoms with Gasteiger partial charge in [0.15, 0.2) is 0 Å². The normalized spacial score (nSPS) is 11.4. The standard InChI is InChI=1S/C16H13Cl2F3N2O/c1-23(15(24)12-6-8-22-14(18)13(12)17)9-7-10-2-4-11(5-3-10)16(19,20)21/h2-6,8H,7,9H2,1H3. The Kier molecular flexibility index (Phi) is 5.72. The van der Waals surface area contributed by atoms with Crippen molar-refractivity contribution in [2.75, 3.05) is 13.6 Å². The van der Waals surface area contributed by atoms with E-state index >= 15 is 0 Å². The topological polar surface area (TPSA) is 33.2 Å². The summed E-state index contributed by atoms with van der Waals surface area (Å²) < 4.78 is 37.5. The van der Waals surface area contributed by atoms with Gasteiger partial charge in [-0.1, -0.05) is 35.3 Å². The van der Waals surface area contributed by atoms with E-state index in [0.717, 1.165) is 12.1 Å². The summed E-state index contributed by atoms with van der Waals surface area (Å²) in [6.45, 7) is 0.320. The summed E-state index contributed by atoms with van der Waals surface area (Å²) in [5.41, 5.74) is 0.224. The second kappa shape index (κ2) is 7.40. The molecule has 0 atom stereocenters. The molecule has 2 rings (SSSR count). The van der Waals surface area contributed by atoms with Gasteiger partial charge in [0.25, 0.3) is 5.91 Å². The third-order valence-corrected chi connectivity index (χ3v) is 4.21. The predicted octanol–water partition coefficient (Wildman–Crippen LogP) is 4.72. The molecule has 0 N–H and O–H groups in total. The van der Waals surface area contributed by atoms with Crippen molar-refractivity contribution < 1.29 is 18.0 Å². The number of carbonyl (C=O) groups is 1. The van der Waals surface area contributed by atoms with Crippen LogP contribution in [0.15, 0.2) is 36.5 Å². The fourth-order valence-corrected chi connectivity index (χ4v) is 2.40. The number of amides is 1. The molecule has 24 heavy (non-hydrogen) atoms. The maximum absolute atomic E-state index is 12.5. The van der Waals surface area contributed by atoms with Crippen LogP contribution in [0, 0.1) is 0 Å². The summed E-state index contributed by atoms with van der Waals surface area (Å²) in [6.07, 6.45) is -2.56. The SMILES string of the molecule is CN(CCc1ccc(C(F)(F)F)cc1)C(=O)c1ccnc(Cl)c1Cl. The molecule has 0 radical (unpaired) electrons. The molecule has 0 unspecified atom stereocenters. The Balaban J connectivity index is 2.01. The molecule has 1 heterocycles. The third kappa shape index (κ3) is 4.39. The number of benzene rings is 1. The molecule has 0 aliphatic heterocycles. The molecule has 0 aliphatic carbocycles. The predicted molar refractivity (Wildman–Crippen MR) is 86.4 cm³/mol. The highest BCUT2D eigenvalue weighted by Crippen LogP contribution is 2.29. The molecule has 0 bridgehead atoms. The largest absolute Gasteiger partial charge is 0.416 e. The quantitative estimate of drug-likeness (QED) is 0.723. The number of likely N-dealkylation sites (N-methyl/N-ethyl adjacent to an activating group) is 1. The minimum atomic E-state index is -4.36. The van der Waals surface area contributed by atoms with Crippen LogP contribution in [0.2, 0.25) is 10.2 Å². The Bertz CT molecular complexity index is 733. The van der Waals surface area contributed by atoms with Gasteiger partial charge in [0, 0.05) is 19.8 Å². The summed E-state index contributed by atoms with van der Waals surface area (Å²) in [4.78, 5) is 17.5. The van der Waals surface area contributed by atoms with Crippen molar-refractivity contribution >= 4 is 29.1 Å². The van der Waals surface area contributed by atoms with Crippen LogP contribution in [0.4, 0.5) is 13.2 Å². The van der Waals surface area contributed by atoms with E-state index < -0.39 is 11.7 Å². The molecule has 0 spiro atoms. The first kappa shape index (κ1) is 18.5. The molecule has 8 heteroatoms. The van der Waals surface area contributed by atoms with Crippen LogP contribution < -0.4 is 0 Å². The van der Waals surface area contributed by atoms with Crippen molar-refractivity contribution in [2.24, 2.45) is 0 Å². The molecule has 3 nitrogen and oxygen atoms in total. The average molecular weight is 377 g/mol. The van der Waals surface area contributed by atoms with Crippen LogP contribution in [0.25, 0.3) is 0 Å². The van der Waals surface area contributed by atoms with Crippen LogP contribution in [0.5, 0.6) is 0 Å². The van der Waals surface area contributed by atoms with E-state index in [-0.39, 0.29) is 21.6 Å². The molecular formula is C16H13Cl2F3N2O. The first-order valence-electron chi connectivity index (χ1n) is 6.91. The van der Waals surface area contributed by atoms with Crippen LogP contribution in [0.1, 0.15) is 21.5 Å². The van der Waals surface area contributed by atoms with E-state index in [9.17, 15) is 18.0 Å². The van der Waals surface area contributed by atoms with Gasteiger partial charge in [-0.3, -0.25) is 4.79 Å². The van der Waals surface area contributed by atoms with Crippen LogP contribution in [-0.4, -0.2) is 29.4 Å². The molecule has 1 aromatic carbocycles. The van der Waals surface area contributed by atoms with Crippen molar-refractivity contribution in [1.82, 2.24) is 9.88 Å². The highest BCUT2D eigenvalue weighted by atomic mass is 35.5. The van der Waals surface area contributed by atoms with E-state index in [1.54, 1.807) is 7.05 Å². The Labute approximate surface area is 147 Å². The van der Waals surface area contributed by atoms with Crippen molar-refractivity contribution in [3.8, 4) is 0 Å². The van der Waals surface area contributed by atoms with Gasteiger partial charge in [-0.25, -0.2) is 4.98 Å². The van der Waals surface area contributed by atoms with Gasteiger partial charge in [0.2, 0.25) is 0 Å². The zero-order valence-corrected chi connectivity index (χ0v) is 14.1. The van der Waals surface area contributed by atoms with Gasteiger partial charge in [-0.2, -0.15) is 13.2 Å². The lowest BCUT2D eigenvalue weighted by atomic mass is 10.1. The Morgan fingerprint density at radius 1 is 1.17 bits per heavy atom. The van der Waals surface area contributed by atoms with Crippen LogP contribution in [-0.2, 0) is 12.6 Å². The van der Waals surface area contributed by atoms with E-state index in [0.29, 0.717) is 18.5 Å². The molecule has 0 saturated carbocycles. The van der Waals surface area contributed by atoms with Gasteiger partial charge in [0.05, 0.1) is 16.1 Å². The summed E-state index contributed by atoms with van der Waals surface area (Å²) >= 11 is 11.7. The number of nitrogens with zero attached hydrogens (tertiary/aromatic N) is 2. The lowest BCUT2D eigenvalue weighted by molar-refractivity contribution is -0.137. The molecule has 2 aromatic rings. The fraction of sp³-hybridized carbons (Fsp3) is 0.250. The molecule has 128 valence electrons. The zero-order chi connectivity index (χ0) is 17.9. The second-order valence-electron chi connectivity index (χ2n) is 5.13. The van der Waals surface area contributed by atoms with Crippen LogP contribution in [0.3, 0.4) is 0 Å². The Hall–Kier alpha value is -1.79. The number of rotatable bonds is 4. The molecule has 1 aromatic heterocycles. The third-order valence-electron chi connectivity index (χ3n) is 3.44. The highest BCUT2D eigenvalue weighted by molar-refractivity contribution is 6.43. The highest BCUT2D eigenvalue weighted by Gasteiger charge is 2.29. The number of alkyl halides is 3. The second-order valence-corrected chi connectivity index (χ2v) is 5.87. The first-order valence-corrected chi connectivity index (χ1v) is 7.67. The number of halogens is 5. The lowest BCUT2D eigenvalue weighted by Crippen LogP contribution is -2.29.